The lowest BCUT2D eigenvalue weighted by Gasteiger charge is -2.05. The Labute approximate surface area is 154 Å². The molecular weight excluding hydrogens is 340 g/mol. The van der Waals surface area contributed by atoms with Gasteiger partial charge in [0.05, 0.1) is 11.0 Å². The molecular formula is C19H16N8. The molecule has 0 aliphatic heterocycles. The van der Waals surface area contributed by atoms with Gasteiger partial charge in [-0.05, 0) is 24.3 Å². The number of H-pyrrole nitrogens is 1. The molecule has 0 amide bonds. The molecule has 8 heteroatoms. The summed E-state index contributed by atoms with van der Waals surface area (Å²) in [6.45, 7) is 2.03. The van der Waals surface area contributed by atoms with Crippen molar-refractivity contribution in [1.82, 2.24) is 34.5 Å². The van der Waals surface area contributed by atoms with E-state index in [0.717, 1.165) is 16.9 Å². The van der Waals surface area contributed by atoms with Gasteiger partial charge in [-0.15, -0.1) is 0 Å². The van der Waals surface area contributed by atoms with Crippen LogP contribution in [0.2, 0.25) is 0 Å². The molecule has 1 aromatic carbocycles. The van der Waals surface area contributed by atoms with E-state index in [2.05, 4.69) is 19.9 Å². The molecule has 132 valence electrons. The number of nitrogens with zero attached hydrogens (tertiary/aromatic N) is 6. The molecule has 0 atom stereocenters. The van der Waals surface area contributed by atoms with Crippen molar-refractivity contribution in [2.45, 2.75) is 13.3 Å². The number of nitrogen functional groups attached to an aromatic ring is 1. The molecule has 4 aromatic heterocycles. The number of fused-ring (bicyclic) bond motifs is 2. The second-order valence-electron chi connectivity index (χ2n) is 6.11. The quantitative estimate of drug-likeness (QED) is 0.514. The van der Waals surface area contributed by atoms with Crippen LogP contribution < -0.4 is 5.73 Å². The first kappa shape index (κ1) is 15.4. The topological polar surface area (TPSA) is 111 Å². The van der Waals surface area contributed by atoms with Gasteiger partial charge < -0.3 is 10.7 Å². The number of aromatic nitrogens is 7. The number of nitrogens with one attached hydrogen (secondary N) is 1. The molecule has 0 aliphatic carbocycles. The molecule has 27 heavy (non-hydrogen) atoms. The minimum Gasteiger partial charge on any atom is -0.382 e. The van der Waals surface area contributed by atoms with Crippen molar-refractivity contribution in [3.05, 3.63) is 54.5 Å². The van der Waals surface area contributed by atoms with Crippen LogP contribution in [0.4, 0.5) is 5.82 Å². The van der Waals surface area contributed by atoms with Crippen molar-refractivity contribution in [2.75, 3.05) is 5.73 Å². The van der Waals surface area contributed by atoms with E-state index in [-0.39, 0.29) is 0 Å². The van der Waals surface area contributed by atoms with Crippen LogP contribution in [0, 0.1) is 0 Å². The van der Waals surface area contributed by atoms with Gasteiger partial charge in [-0.25, -0.2) is 24.5 Å². The van der Waals surface area contributed by atoms with E-state index in [4.69, 9.17) is 15.7 Å². The molecule has 5 rings (SSSR count). The zero-order chi connectivity index (χ0) is 18.4. The number of imidazole rings is 2. The Morgan fingerprint density at radius 3 is 2.63 bits per heavy atom. The minimum absolute atomic E-state index is 0.324. The standard InChI is InChI=1S/C19H16N8/c1-2-14-24-15-16(20)25-17(13-9-5-6-10-21-13)26-18(15)27(14)19-22-11-7-3-4-8-12(11)23-19/h3-10H,2H2,1H3,(H,22,23)(H2,20,25,26). The highest BCUT2D eigenvalue weighted by atomic mass is 15.3. The number of benzene rings is 1. The third-order valence-corrected chi connectivity index (χ3v) is 4.40. The molecule has 0 fully saturated rings. The van der Waals surface area contributed by atoms with Crippen LogP contribution in [0.3, 0.4) is 0 Å². The molecule has 0 spiro atoms. The van der Waals surface area contributed by atoms with Gasteiger partial charge in [0.15, 0.2) is 22.8 Å². The molecule has 0 saturated carbocycles. The van der Waals surface area contributed by atoms with Crippen molar-refractivity contribution in [2.24, 2.45) is 0 Å². The third-order valence-electron chi connectivity index (χ3n) is 4.40. The average Bonchev–Trinajstić information content (AvgIpc) is 3.29. The van der Waals surface area contributed by atoms with Gasteiger partial charge in [0.1, 0.15) is 11.5 Å². The van der Waals surface area contributed by atoms with Crippen LogP contribution in [0.15, 0.2) is 48.7 Å². The Kier molecular flexibility index (Phi) is 3.36. The molecule has 0 unspecified atom stereocenters. The summed E-state index contributed by atoms with van der Waals surface area (Å²) in [5.74, 6) is 2.24. The number of nitrogens with two attached hydrogens (primary N) is 1. The smallest absolute Gasteiger partial charge is 0.215 e. The van der Waals surface area contributed by atoms with Gasteiger partial charge in [-0.2, -0.15) is 0 Å². The highest BCUT2D eigenvalue weighted by Gasteiger charge is 2.20. The monoisotopic (exact) mass is 356 g/mol. The van der Waals surface area contributed by atoms with Gasteiger partial charge >= 0.3 is 0 Å². The third kappa shape index (κ3) is 2.42. The number of hydrogen-bond acceptors (Lipinski definition) is 6. The van der Waals surface area contributed by atoms with Crippen LogP contribution in [-0.2, 0) is 6.42 Å². The van der Waals surface area contributed by atoms with E-state index >= 15 is 0 Å². The Hall–Kier alpha value is -3.81. The lowest BCUT2D eigenvalue weighted by molar-refractivity contribution is 0.864. The van der Waals surface area contributed by atoms with E-state index in [1.54, 1.807) is 6.20 Å². The van der Waals surface area contributed by atoms with Gasteiger partial charge in [0.25, 0.3) is 0 Å². The second kappa shape index (κ2) is 5.87. The molecule has 0 aliphatic rings. The summed E-state index contributed by atoms with van der Waals surface area (Å²) in [6.07, 6.45) is 2.40. The van der Waals surface area contributed by atoms with E-state index < -0.39 is 0 Å². The molecule has 3 N–H and O–H groups in total. The predicted molar refractivity (Wildman–Crippen MR) is 103 cm³/mol. The normalized spacial score (nSPS) is 11.4. The molecule has 4 heterocycles. The van der Waals surface area contributed by atoms with Crippen molar-refractivity contribution in [1.29, 1.82) is 0 Å². The number of hydrogen-bond donors (Lipinski definition) is 2. The van der Waals surface area contributed by atoms with Crippen LogP contribution >= 0.6 is 0 Å². The van der Waals surface area contributed by atoms with Gasteiger partial charge in [-0.3, -0.25) is 4.98 Å². The Balaban J connectivity index is 1.81. The number of pyridine rings is 1. The van der Waals surface area contributed by atoms with Crippen LogP contribution in [0.5, 0.6) is 0 Å². The summed E-state index contributed by atoms with van der Waals surface area (Å²) < 4.78 is 1.90. The highest BCUT2D eigenvalue weighted by Crippen LogP contribution is 2.26. The zero-order valence-electron chi connectivity index (χ0n) is 14.6. The summed E-state index contributed by atoms with van der Waals surface area (Å²) in [5.41, 5.74) is 9.85. The van der Waals surface area contributed by atoms with Crippen molar-refractivity contribution < 1.29 is 0 Å². The first-order chi connectivity index (χ1) is 13.2. The Morgan fingerprint density at radius 1 is 1.00 bits per heavy atom. The fourth-order valence-electron chi connectivity index (χ4n) is 3.14. The molecule has 5 aromatic rings. The molecule has 0 bridgehead atoms. The lowest BCUT2D eigenvalue weighted by atomic mass is 10.3. The number of para-hydroxylation sites is 2. The summed E-state index contributed by atoms with van der Waals surface area (Å²) in [5, 5.41) is 0. The number of aromatic amines is 1. The van der Waals surface area contributed by atoms with E-state index in [9.17, 15) is 0 Å². The Bertz CT molecular complexity index is 1240. The maximum absolute atomic E-state index is 6.20. The average molecular weight is 356 g/mol. The van der Waals surface area contributed by atoms with Crippen molar-refractivity contribution in [3.63, 3.8) is 0 Å². The zero-order valence-corrected chi connectivity index (χ0v) is 14.6. The van der Waals surface area contributed by atoms with Gasteiger partial charge in [0.2, 0.25) is 5.95 Å². The van der Waals surface area contributed by atoms with Crippen LogP contribution in [0.1, 0.15) is 12.7 Å². The number of aryl methyl sites for hydroxylation is 1. The summed E-state index contributed by atoms with van der Waals surface area (Å²) in [7, 11) is 0. The summed E-state index contributed by atoms with van der Waals surface area (Å²) >= 11 is 0. The Morgan fingerprint density at radius 2 is 1.85 bits per heavy atom. The van der Waals surface area contributed by atoms with Gasteiger partial charge in [-0.1, -0.05) is 25.1 Å². The van der Waals surface area contributed by atoms with E-state index in [1.165, 1.54) is 0 Å². The fraction of sp³-hybridized carbons (Fsp3) is 0.105. The highest BCUT2D eigenvalue weighted by molar-refractivity contribution is 5.86. The molecule has 0 radical (unpaired) electrons. The van der Waals surface area contributed by atoms with E-state index in [0.29, 0.717) is 40.9 Å². The van der Waals surface area contributed by atoms with Crippen LogP contribution in [0.25, 0.3) is 39.7 Å². The molecule has 8 nitrogen and oxygen atoms in total. The SMILES string of the molecule is CCc1nc2c(N)nc(-c3ccccn3)nc2n1-c1nc2ccccc2[nH]1. The van der Waals surface area contributed by atoms with E-state index in [1.807, 2.05) is 54.0 Å². The predicted octanol–water partition coefficient (Wildman–Crippen LogP) is 2.90. The first-order valence-corrected chi connectivity index (χ1v) is 8.66. The summed E-state index contributed by atoms with van der Waals surface area (Å²) in [6, 6.07) is 13.5. The van der Waals surface area contributed by atoms with Crippen LogP contribution in [-0.4, -0.2) is 34.5 Å². The van der Waals surface area contributed by atoms with Gasteiger partial charge in [0, 0.05) is 12.6 Å². The summed E-state index contributed by atoms with van der Waals surface area (Å²) in [4.78, 5) is 26.1. The number of rotatable bonds is 3. The number of anilines is 1. The molecule has 0 saturated heterocycles. The lowest BCUT2D eigenvalue weighted by Crippen LogP contribution is -2.04. The van der Waals surface area contributed by atoms with Crippen molar-refractivity contribution >= 4 is 28.0 Å². The van der Waals surface area contributed by atoms with Crippen molar-refractivity contribution in [3.8, 4) is 17.5 Å². The second-order valence-corrected chi connectivity index (χ2v) is 6.11. The maximum atomic E-state index is 6.20. The first-order valence-electron chi connectivity index (χ1n) is 8.66. The largest absolute Gasteiger partial charge is 0.382 e. The maximum Gasteiger partial charge on any atom is 0.215 e. The fourth-order valence-corrected chi connectivity index (χ4v) is 3.14. The minimum atomic E-state index is 0.324.